The molecule has 6 heteroatoms. The number of ether oxygens (including phenoxy) is 1. The maximum atomic E-state index is 12.1. The van der Waals surface area contributed by atoms with Crippen LogP contribution < -0.4 is 10.5 Å². The van der Waals surface area contributed by atoms with Gasteiger partial charge in [-0.25, -0.2) is 4.68 Å². The van der Waals surface area contributed by atoms with E-state index in [1.54, 1.807) is 30.5 Å². The summed E-state index contributed by atoms with van der Waals surface area (Å²) in [6.45, 7) is 4.38. The molecular formula is C14H18N4O2. The quantitative estimate of drug-likeness (QED) is 0.805. The van der Waals surface area contributed by atoms with E-state index < -0.39 is 0 Å². The average molecular weight is 274 g/mol. The number of carbonyl (C=O) groups is 1. The van der Waals surface area contributed by atoms with Crippen LogP contribution in [0, 0.1) is 0 Å². The Balaban J connectivity index is 2.01. The number of nitrogens with zero attached hydrogens (tertiary/aromatic N) is 3. The third-order valence-corrected chi connectivity index (χ3v) is 2.65. The van der Waals surface area contributed by atoms with Gasteiger partial charge in [0.05, 0.1) is 18.0 Å². The Labute approximate surface area is 117 Å². The third kappa shape index (κ3) is 3.64. The van der Waals surface area contributed by atoms with E-state index >= 15 is 0 Å². The Morgan fingerprint density at radius 1 is 1.35 bits per heavy atom. The van der Waals surface area contributed by atoms with Gasteiger partial charge in [-0.2, -0.15) is 0 Å². The Hall–Kier alpha value is -2.21. The first kappa shape index (κ1) is 14.2. The minimum absolute atomic E-state index is 0.0328. The van der Waals surface area contributed by atoms with Gasteiger partial charge in [-0.1, -0.05) is 5.21 Å². The monoisotopic (exact) mass is 274 g/mol. The van der Waals surface area contributed by atoms with Crippen LogP contribution in [0.1, 0.15) is 29.9 Å². The van der Waals surface area contributed by atoms with Crippen molar-refractivity contribution in [2.24, 2.45) is 5.73 Å². The van der Waals surface area contributed by atoms with E-state index in [2.05, 4.69) is 10.3 Å². The highest BCUT2D eigenvalue weighted by Gasteiger charge is 2.09. The van der Waals surface area contributed by atoms with Gasteiger partial charge in [0, 0.05) is 12.1 Å². The summed E-state index contributed by atoms with van der Waals surface area (Å²) in [5.41, 5.74) is 6.73. The number of rotatable bonds is 6. The molecule has 0 bridgehead atoms. The molecule has 20 heavy (non-hydrogen) atoms. The lowest BCUT2D eigenvalue weighted by atomic mass is 10.1. The van der Waals surface area contributed by atoms with E-state index in [1.165, 1.54) is 4.68 Å². The molecule has 0 aliphatic carbocycles. The molecule has 0 saturated carbocycles. The lowest BCUT2D eigenvalue weighted by Crippen LogP contribution is -2.11. The average Bonchev–Trinajstić information content (AvgIpc) is 2.86. The van der Waals surface area contributed by atoms with E-state index in [-0.39, 0.29) is 18.4 Å². The number of hydrogen-bond donors (Lipinski definition) is 1. The number of carbonyl (C=O) groups excluding carboxylic acids is 1. The topological polar surface area (TPSA) is 83.0 Å². The van der Waals surface area contributed by atoms with Crippen LogP contribution in [0.25, 0.3) is 0 Å². The zero-order valence-electron chi connectivity index (χ0n) is 11.6. The van der Waals surface area contributed by atoms with Gasteiger partial charge >= 0.3 is 0 Å². The van der Waals surface area contributed by atoms with E-state index in [9.17, 15) is 4.79 Å². The maximum Gasteiger partial charge on any atom is 0.184 e. The predicted molar refractivity (Wildman–Crippen MR) is 74.4 cm³/mol. The van der Waals surface area contributed by atoms with Crippen molar-refractivity contribution in [1.82, 2.24) is 15.0 Å². The molecule has 2 N–H and O–H groups in total. The molecule has 0 atom stereocenters. The van der Waals surface area contributed by atoms with Crippen LogP contribution in [-0.4, -0.2) is 26.9 Å². The Morgan fingerprint density at radius 3 is 2.60 bits per heavy atom. The lowest BCUT2D eigenvalue weighted by Gasteiger charge is -2.09. The second-order valence-electron chi connectivity index (χ2n) is 4.73. The minimum Gasteiger partial charge on any atom is -0.491 e. The molecule has 6 nitrogen and oxygen atoms in total. The number of aromatic nitrogens is 3. The Kier molecular flexibility index (Phi) is 4.47. The molecule has 1 heterocycles. The van der Waals surface area contributed by atoms with E-state index in [0.717, 1.165) is 5.75 Å². The van der Waals surface area contributed by atoms with Crippen molar-refractivity contribution in [1.29, 1.82) is 0 Å². The number of benzene rings is 1. The molecule has 106 valence electrons. The molecule has 0 unspecified atom stereocenters. The molecule has 0 radical (unpaired) electrons. The lowest BCUT2D eigenvalue weighted by molar-refractivity contribution is 0.0967. The number of hydrogen-bond acceptors (Lipinski definition) is 5. The van der Waals surface area contributed by atoms with Crippen LogP contribution >= 0.6 is 0 Å². The summed E-state index contributed by atoms with van der Waals surface area (Å²) in [5, 5.41) is 7.69. The van der Waals surface area contributed by atoms with Gasteiger partial charge in [0.1, 0.15) is 12.3 Å². The summed E-state index contributed by atoms with van der Waals surface area (Å²) >= 11 is 0. The van der Waals surface area contributed by atoms with Crippen LogP contribution in [0.3, 0.4) is 0 Å². The zero-order chi connectivity index (χ0) is 14.5. The molecule has 0 amide bonds. The molecule has 1 aromatic heterocycles. The summed E-state index contributed by atoms with van der Waals surface area (Å²) in [4.78, 5) is 12.1. The summed E-state index contributed by atoms with van der Waals surface area (Å²) in [7, 11) is 0. The van der Waals surface area contributed by atoms with Gasteiger partial charge < -0.3 is 10.5 Å². The summed E-state index contributed by atoms with van der Waals surface area (Å²) in [6, 6.07) is 7.08. The normalized spacial score (nSPS) is 10.8. The highest BCUT2D eigenvalue weighted by Crippen LogP contribution is 2.14. The van der Waals surface area contributed by atoms with Crippen LogP contribution in [0.2, 0.25) is 0 Å². The Morgan fingerprint density at radius 2 is 2.05 bits per heavy atom. The summed E-state index contributed by atoms with van der Waals surface area (Å²) < 4.78 is 7.02. The molecule has 0 saturated heterocycles. The fourth-order valence-electron chi connectivity index (χ4n) is 1.74. The van der Waals surface area contributed by atoms with Crippen LogP contribution in [0.4, 0.5) is 0 Å². The van der Waals surface area contributed by atoms with Gasteiger partial charge in [0.15, 0.2) is 5.78 Å². The highest BCUT2D eigenvalue weighted by molar-refractivity contribution is 5.95. The summed E-state index contributed by atoms with van der Waals surface area (Å²) in [6.07, 6.45) is 1.79. The van der Waals surface area contributed by atoms with E-state index in [0.29, 0.717) is 17.8 Å². The largest absolute Gasteiger partial charge is 0.491 e. The first-order valence-corrected chi connectivity index (χ1v) is 6.47. The first-order chi connectivity index (χ1) is 9.58. The molecule has 0 aliphatic heterocycles. The molecule has 0 spiro atoms. The van der Waals surface area contributed by atoms with Crippen molar-refractivity contribution >= 4 is 5.78 Å². The second kappa shape index (κ2) is 6.29. The summed E-state index contributed by atoms with van der Waals surface area (Å²) in [5.74, 6) is 0.720. The van der Waals surface area contributed by atoms with Gasteiger partial charge in [-0.05, 0) is 38.1 Å². The first-order valence-electron chi connectivity index (χ1n) is 6.47. The molecule has 2 aromatic rings. The fourth-order valence-corrected chi connectivity index (χ4v) is 1.74. The van der Waals surface area contributed by atoms with Crippen LogP contribution in [0.5, 0.6) is 5.75 Å². The predicted octanol–water partition coefficient (Wildman–Crippen LogP) is 1.41. The molecule has 0 aliphatic rings. The van der Waals surface area contributed by atoms with E-state index in [4.69, 9.17) is 10.5 Å². The standard InChI is InChI=1S/C14H18N4O2/c1-10(2)20-13-5-3-11(4-6-13)14(19)9-18-8-12(7-15)16-17-18/h3-6,8,10H,7,9,15H2,1-2H3. The Bertz CT molecular complexity index is 575. The molecule has 1 aromatic carbocycles. The van der Waals surface area contributed by atoms with Crippen molar-refractivity contribution in [3.63, 3.8) is 0 Å². The molecular weight excluding hydrogens is 256 g/mol. The third-order valence-electron chi connectivity index (χ3n) is 2.65. The van der Waals surface area contributed by atoms with E-state index in [1.807, 2.05) is 13.8 Å². The maximum absolute atomic E-state index is 12.1. The minimum atomic E-state index is -0.0328. The number of nitrogens with two attached hydrogens (primary N) is 1. The smallest absolute Gasteiger partial charge is 0.184 e. The fraction of sp³-hybridized carbons (Fsp3) is 0.357. The van der Waals surface area contributed by atoms with Gasteiger partial charge in [-0.3, -0.25) is 4.79 Å². The molecule has 2 rings (SSSR count). The SMILES string of the molecule is CC(C)Oc1ccc(C(=O)Cn2cc(CN)nn2)cc1. The van der Waals surface area contributed by atoms with Crippen molar-refractivity contribution in [2.75, 3.05) is 0 Å². The number of ketones is 1. The molecule has 0 fully saturated rings. The van der Waals surface area contributed by atoms with Crippen molar-refractivity contribution in [3.05, 3.63) is 41.7 Å². The number of Topliss-reactive ketones (excluding diaryl/α,β-unsaturated/α-hetero) is 1. The van der Waals surface area contributed by atoms with Crippen molar-refractivity contribution < 1.29 is 9.53 Å². The highest BCUT2D eigenvalue weighted by atomic mass is 16.5. The van der Waals surface area contributed by atoms with Crippen LogP contribution in [-0.2, 0) is 13.1 Å². The van der Waals surface area contributed by atoms with Gasteiger partial charge in [-0.15, -0.1) is 5.10 Å². The van der Waals surface area contributed by atoms with Crippen LogP contribution in [0.15, 0.2) is 30.5 Å². The van der Waals surface area contributed by atoms with Crippen molar-refractivity contribution in [3.8, 4) is 5.75 Å². The van der Waals surface area contributed by atoms with Gasteiger partial charge in [0.2, 0.25) is 0 Å². The van der Waals surface area contributed by atoms with Gasteiger partial charge in [0.25, 0.3) is 0 Å². The second-order valence-corrected chi connectivity index (χ2v) is 4.73. The zero-order valence-corrected chi connectivity index (χ0v) is 11.6. The van der Waals surface area contributed by atoms with Crippen molar-refractivity contribution in [2.45, 2.75) is 33.0 Å².